The lowest BCUT2D eigenvalue weighted by Gasteiger charge is -2.05. The van der Waals surface area contributed by atoms with Crippen molar-refractivity contribution in [3.63, 3.8) is 0 Å². The Morgan fingerprint density at radius 3 is 2.85 bits per heavy atom. The van der Waals surface area contributed by atoms with Crippen LogP contribution in [-0.2, 0) is 11.2 Å². The Balaban J connectivity index is 3.01. The summed E-state index contributed by atoms with van der Waals surface area (Å²) >= 11 is 0. The highest BCUT2D eigenvalue weighted by atomic mass is 19.1. The van der Waals surface area contributed by atoms with Crippen LogP contribution in [0.3, 0.4) is 0 Å². The predicted octanol–water partition coefficient (Wildman–Crippen LogP) is 1.46. The smallest absolute Gasteiger partial charge is 0.307 e. The van der Waals surface area contributed by atoms with E-state index in [1.165, 1.54) is 19.2 Å². The minimum Gasteiger partial charge on any atom is -0.496 e. The van der Waals surface area contributed by atoms with Crippen molar-refractivity contribution in [2.45, 2.75) is 6.42 Å². The molecule has 1 N–H and O–H groups in total. The number of carboxylic acid groups (broad SMARTS) is 1. The summed E-state index contributed by atoms with van der Waals surface area (Å²) in [6.45, 7) is 0. The summed E-state index contributed by atoms with van der Waals surface area (Å²) in [4.78, 5) is 10.4. The summed E-state index contributed by atoms with van der Waals surface area (Å²) in [5, 5.41) is 8.50. The van der Waals surface area contributed by atoms with Crippen molar-refractivity contribution in [1.29, 1.82) is 0 Å². The largest absolute Gasteiger partial charge is 0.496 e. The molecule has 0 heterocycles. The zero-order valence-corrected chi connectivity index (χ0v) is 7.08. The zero-order valence-electron chi connectivity index (χ0n) is 7.08. The average molecular weight is 184 g/mol. The molecule has 13 heavy (non-hydrogen) atoms. The monoisotopic (exact) mass is 184 g/mol. The maximum absolute atomic E-state index is 12.7. The molecule has 1 aromatic rings. The Hall–Kier alpha value is -1.58. The quantitative estimate of drug-likeness (QED) is 0.773. The molecule has 0 aliphatic carbocycles. The maximum Gasteiger partial charge on any atom is 0.307 e. The third-order valence-electron chi connectivity index (χ3n) is 1.58. The van der Waals surface area contributed by atoms with Gasteiger partial charge in [0.05, 0.1) is 13.5 Å². The maximum atomic E-state index is 12.7. The van der Waals surface area contributed by atoms with Gasteiger partial charge in [0, 0.05) is 5.56 Å². The van der Waals surface area contributed by atoms with Gasteiger partial charge in [-0.1, -0.05) is 0 Å². The van der Waals surface area contributed by atoms with Gasteiger partial charge in [-0.15, -0.1) is 0 Å². The van der Waals surface area contributed by atoms with E-state index in [1.54, 1.807) is 0 Å². The van der Waals surface area contributed by atoms with Gasteiger partial charge in [-0.05, 0) is 18.2 Å². The Morgan fingerprint density at radius 1 is 1.62 bits per heavy atom. The molecule has 0 saturated carbocycles. The van der Waals surface area contributed by atoms with Gasteiger partial charge in [-0.3, -0.25) is 4.79 Å². The number of aliphatic carboxylic acids is 1. The molecule has 0 amide bonds. The summed E-state index contributed by atoms with van der Waals surface area (Å²) in [5.74, 6) is -1.08. The number of rotatable bonds is 3. The van der Waals surface area contributed by atoms with E-state index in [0.29, 0.717) is 11.3 Å². The van der Waals surface area contributed by atoms with Crippen LogP contribution in [0.4, 0.5) is 4.39 Å². The van der Waals surface area contributed by atoms with Gasteiger partial charge >= 0.3 is 5.97 Å². The van der Waals surface area contributed by atoms with E-state index in [4.69, 9.17) is 9.84 Å². The molecule has 0 spiro atoms. The number of carbonyl (C=O) groups is 1. The Labute approximate surface area is 74.8 Å². The van der Waals surface area contributed by atoms with Crippen LogP contribution in [0.2, 0.25) is 0 Å². The Bertz CT molecular complexity index is 323. The van der Waals surface area contributed by atoms with Crippen molar-refractivity contribution < 1.29 is 19.0 Å². The van der Waals surface area contributed by atoms with Crippen LogP contribution >= 0.6 is 0 Å². The first kappa shape index (κ1) is 9.51. The van der Waals surface area contributed by atoms with E-state index in [0.717, 1.165) is 6.07 Å². The van der Waals surface area contributed by atoms with Crippen LogP contribution < -0.4 is 4.74 Å². The SMILES string of the molecule is COc1ccc(F)cc1CC(=O)O. The lowest BCUT2D eigenvalue weighted by atomic mass is 10.1. The molecule has 0 saturated heterocycles. The van der Waals surface area contributed by atoms with E-state index in [-0.39, 0.29) is 6.42 Å². The zero-order chi connectivity index (χ0) is 9.84. The number of carboxylic acids is 1. The third-order valence-corrected chi connectivity index (χ3v) is 1.58. The summed E-state index contributed by atoms with van der Waals surface area (Å²) in [6.07, 6.45) is -0.235. The number of ether oxygens (including phenoxy) is 1. The highest BCUT2D eigenvalue weighted by molar-refractivity contribution is 5.71. The molecule has 0 bridgehead atoms. The number of methoxy groups -OCH3 is 1. The third kappa shape index (κ3) is 2.43. The van der Waals surface area contributed by atoms with Gasteiger partial charge in [0.15, 0.2) is 0 Å². The second-order valence-corrected chi connectivity index (χ2v) is 2.53. The van der Waals surface area contributed by atoms with E-state index < -0.39 is 11.8 Å². The van der Waals surface area contributed by atoms with Gasteiger partial charge in [-0.25, -0.2) is 4.39 Å². The molecule has 70 valence electrons. The lowest BCUT2D eigenvalue weighted by Crippen LogP contribution is -2.02. The minimum atomic E-state index is -1.01. The number of benzene rings is 1. The van der Waals surface area contributed by atoms with Crippen molar-refractivity contribution in [3.8, 4) is 5.75 Å². The van der Waals surface area contributed by atoms with Gasteiger partial charge in [0.2, 0.25) is 0 Å². The highest BCUT2D eigenvalue weighted by Gasteiger charge is 2.07. The minimum absolute atomic E-state index is 0.235. The molecule has 0 radical (unpaired) electrons. The van der Waals surface area contributed by atoms with Crippen LogP contribution in [0.15, 0.2) is 18.2 Å². The van der Waals surface area contributed by atoms with Gasteiger partial charge < -0.3 is 9.84 Å². The van der Waals surface area contributed by atoms with E-state index in [1.807, 2.05) is 0 Å². The van der Waals surface area contributed by atoms with Gasteiger partial charge in [-0.2, -0.15) is 0 Å². The number of halogens is 1. The summed E-state index contributed by atoms with van der Waals surface area (Å²) < 4.78 is 17.6. The molecular weight excluding hydrogens is 175 g/mol. The van der Waals surface area contributed by atoms with Crippen LogP contribution in [0.1, 0.15) is 5.56 Å². The molecule has 0 atom stereocenters. The molecule has 0 aromatic heterocycles. The summed E-state index contributed by atoms with van der Waals surface area (Å²) in [6, 6.07) is 3.80. The van der Waals surface area contributed by atoms with Crippen molar-refractivity contribution in [2.24, 2.45) is 0 Å². The van der Waals surface area contributed by atoms with E-state index >= 15 is 0 Å². The molecular formula is C9H9FO3. The predicted molar refractivity (Wildman–Crippen MR) is 44.3 cm³/mol. The van der Waals surface area contributed by atoms with Crippen LogP contribution in [0, 0.1) is 5.82 Å². The average Bonchev–Trinajstić information content (AvgIpc) is 2.03. The molecule has 0 fully saturated rings. The van der Waals surface area contributed by atoms with Gasteiger partial charge in [0.1, 0.15) is 11.6 Å². The fraction of sp³-hybridized carbons (Fsp3) is 0.222. The lowest BCUT2D eigenvalue weighted by molar-refractivity contribution is -0.136. The van der Waals surface area contributed by atoms with Crippen LogP contribution in [0.5, 0.6) is 5.75 Å². The molecule has 0 aliphatic rings. The van der Waals surface area contributed by atoms with Crippen LogP contribution in [0.25, 0.3) is 0 Å². The van der Waals surface area contributed by atoms with E-state index in [9.17, 15) is 9.18 Å². The standard InChI is InChI=1S/C9H9FO3/c1-13-8-3-2-7(10)4-6(8)5-9(11)12/h2-4H,5H2,1H3,(H,11,12). The normalized spacial score (nSPS) is 9.69. The molecule has 1 rings (SSSR count). The number of hydrogen-bond acceptors (Lipinski definition) is 2. The first-order valence-electron chi connectivity index (χ1n) is 3.67. The second kappa shape index (κ2) is 3.89. The molecule has 3 nitrogen and oxygen atoms in total. The van der Waals surface area contributed by atoms with Gasteiger partial charge in [0.25, 0.3) is 0 Å². The fourth-order valence-corrected chi connectivity index (χ4v) is 1.05. The van der Waals surface area contributed by atoms with Crippen molar-refractivity contribution >= 4 is 5.97 Å². The fourth-order valence-electron chi connectivity index (χ4n) is 1.05. The second-order valence-electron chi connectivity index (χ2n) is 2.53. The topological polar surface area (TPSA) is 46.5 Å². The summed E-state index contributed by atoms with van der Waals surface area (Å²) in [7, 11) is 1.42. The molecule has 0 aliphatic heterocycles. The molecule has 0 unspecified atom stereocenters. The first-order valence-corrected chi connectivity index (χ1v) is 3.67. The Kier molecular flexibility index (Phi) is 2.84. The first-order chi connectivity index (χ1) is 6.13. The van der Waals surface area contributed by atoms with Crippen LogP contribution in [-0.4, -0.2) is 18.2 Å². The van der Waals surface area contributed by atoms with Crippen molar-refractivity contribution in [2.75, 3.05) is 7.11 Å². The number of hydrogen-bond donors (Lipinski definition) is 1. The van der Waals surface area contributed by atoms with Crippen molar-refractivity contribution in [1.82, 2.24) is 0 Å². The Morgan fingerprint density at radius 2 is 2.31 bits per heavy atom. The molecule has 1 aromatic carbocycles. The van der Waals surface area contributed by atoms with Crippen molar-refractivity contribution in [3.05, 3.63) is 29.6 Å². The van der Waals surface area contributed by atoms with E-state index in [2.05, 4.69) is 0 Å². The molecule has 4 heteroatoms. The highest BCUT2D eigenvalue weighted by Crippen LogP contribution is 2.19. The summed E-state index contributed by atoms with van der Waals surface area (Å²) in [5.41, 5.74) is 0.343.